The second-order valence-corrected chi connectivity index (χ2v) is 6.81. The first kappa shape index (κ1) is 15.8. The van der Waals surface area contributed by atoms with Gasteiger partial charge in [-0.25, -0.2) is 0 Å². The van der Waals surface area contributed by atoms with Crippen LogP contribution in [0.15, 0.2) is 40.9 Å². The summed E-state index contributed by atoms with van der Waals surface area (Å²) in [6.07, 6.45) is 3.41. The molecular weight excluding hydrogens is 356 g/mol. The summed E-state index contributed by atoms with van der Waals surface area (Å²) in [6.45, 7) is -0.0779. The number of ether oxygens (including phenoxy) is 1. The quantitative estimate of drug-likeness (QED) is 0.883. The molecule has 1 saturated carbocycles. The number of amides is 1. The van der Waals surface area contributed by atoms with Crippen LogP contribution in [0.4, 0.5) is 0 Å². The number of rotatable bonds is 4. The maximum atomic E-state index is 12.1. The molecule has 1 fully saturated rings. The Morgan fingerprint density at radius 3 is 2.65 bits per heavy atom. The van der Waals surface area contributed by atoms with E-state index in [1.54, 1.807) is 0 Å². The van der Waals surface area contributed by atoms with E-state index in [4.69, 9.17) is 4.74 Å². The Kier molecular flexibility index (Phi) is 4.53. The predicted molar refractivity (Wildman–Crippen MR) is 92.1 cm³/mol. The van der Waals surface area contributed by atoms with Crippen LogP contribution >= 0.6 is 15.9 Å². The van der Waals surface area contributed by atoms with Gasteiger partial charge in [-0.15, -0.1) is 0 Å². The van der Waals surface area contributed by atoms with Crippen LogP contribution in [0, 0.1) is 11.3 Å². The number of nitrogens with zero attached hydrogens (tertiary/aromatic N) is 1. The number of hydrogen-bond donors (Lipinski definition) is 1. The lowest BCUT2D eigenvalue weighted by Crippen LogP contribution is -2.47. The number of hydrogen-bond acceptors (Lipinski definition) is 3. The minimum absolute atomic E-state index is 0.0779. The smallest absolute Gasteiger partial charge is 0.259 e. The number of carbonyl (C=O) groups excluding carboxylic acids is 1. The molecule has 23 heavy (non-hydrogen) atoms. The maximum Gasteiger partial charge on any atom is 0.259 e. The fourth-order valence-corrected chi connectivity index (χ4v) is 3.36. The van der Waals surface area contributed by atoms with Crippen molar-refractivity contribution in [2.75, 3.05) is 6.61 Å². The van der Waals surface area contributed by atoms with Gasteiger partial charge in [0.15, 0.2) is 6.61 Å². The van der Waals surface area contributed by atoms with Crippen LogP contribution in [0.3, 0.4) is 0 Å². The highest BCUT2D eigenvalue weighted by molar-refractivity contribution is 9.10. The minimum atomic E-state index is -0.698. The first-order valence-electron chi connectivity index (χ1n) is 7.65. The van der Waals surface area contributed by atoms with E-state index in [1.165, 1.54) is 0 Å². The van der Waals surface area contributed by atoms with Crippen molar-refractivity contribution in [3.05, 3.63) is 40.9 Å². The molecule has 0 saturated heterocycles. The normalized spacial score (nSPS) is 16.0. The number of benzene rings is 2. The van der Waals surface area contributed by atoms with Crippen molar-refractivity contribution in [1.82, 2.24) is 5.32 Å². The highest BCUT2D eigenvalue weighted by Gasteiger charge is 2.35. The molecule has 1 N–H and O–H groups in total. The molecular formula is C18H17BrN2O2. The first-order valence-corrected chi connectivity index (χ1v) is 8.44. The van der Waals surface area contributed by atoms with Gasteiger partial charge in [-0.2, -0.15) is 5.26 Å². The van der Waals surface area contributed by atoms with Crippen LogP contribution < -0.4 is 10.1 Å². The fourth-order valence-electron chi connectivity index (χ4n) is 2.98. The molecule has 1 amide bonds. The highest BCUT2D eigenvalue weighted by Crippen LogP contribution is 2.29. The SMILES string of the molecule is N#CC1(NC(=O)COc2ccc3cc(Br)ccc3c2)CCCC1. The van der Waals surface area contributed by atoms with Crippen molar-refractivity contribution in [3.8, 4) is 11.8 Å². The molecule has 1 aliphatic rings. The molecule has 2 aromatic rings. The lowest BCUT2D eigenvalue weighted by Gasteiger charge is -2.21. The molecule has 0 bridgehead atoms. The Bertz CT molecular complexity index is 776. The highest BCUT2D eigenvalue weighted by atomic mass is 79.9. The number of nitrogens with one attached hydrogen (secondary N) is 1. The van der Waals surface area contributed by atoms with Gasteiger partial charge in [0.1, 0.15) is 11.3 Å². The Balaban J connectivity index is 1.63. The van der Waals surface area contributed by atoms with E-state index in [9.17, 15) is 10.1 Å². The van der Waals surface area contributed by atoms with E-state index < -0.39 is 5.54 Å². The summed E-state index contributed by atoms with van der Waals surface area (Å²) in [7, 11) is 0. The Morgan fingerprint density at radius 2 is 1.91 bits per heavy atom. The van der Waals surface area contributed by atoms with Crippen LogP contribution in [0.2, 0.25) is 0 Å². The molecule has 4 nitrogen and oxygen atoms in total. The lowest BCUT2D eigenvalue weighted by molar-refractivity contribution is -0.124. The monoisotopic (exact) mass is 372 g/mol. The summed E-state index contributed by atoms with van der Waals surface area (Å²) in [5.74, 6) is 0.400. The van der Waals surface area contributed by atoms with Crippen LogP contribution in [-0.4, -0.2) is 18.1 Å². The molecule has 2 aromatic carbocycles. The molecule has 0 unspecified atom stereocenters. The zero-order valence-corrected chi connectivity index (χ0v) is 14.2. The zero-order chi connectivity index (χ0) is 16.3. The third kappa shape index (κ3) is 3.65. The van der Waals surface area contributed by atoms with Crippen LogP contribution in [0.1, 0.15) is 25.7 Å². The van der Waals surface area contributed by atoms with Gasteiger partial charge in [0, 0.05) is 4.47 Å². The van der Waals surface area contributed by atoms with Crippen molar-refractivity contribution in [1.29, 1.82) is 5.26 Å². The average Bonchev–Trinajstić information content (AvgIpc) is 3.02. The van der Waals surface area contributed by atoms with Crippen LogP contribution in [0.5, 0.6) is 5.75 Å². The minimum Gasteiger partial charge on any atom is -0.484 e. The fraction of sp³-hybridized carbons (Fsp3) is 0.333. The number of carbonyl (C=O) groups is 1. The second-order valence-electron chi connectivity index (χ2n) is 5.89. The van der Waals surface area contributed by atoms with Crippen molar-refractivity contribution < 1.29 is 9.53 Å². The second kappa shape index (κ2) is 6.59. The number of fused-ring (bicyclic) bond motifs is 1. The molecule has 0 aliphatic heterocycles. The molecule has 0 atom stereocenters. The van der Waals surface area contributed by atoms with E-state index in [0.29, 0.717) is 5.75 Å². The summed E-state index contributed by atoms with van der Waals surface area (Å²) in [5, 5.41) is 14.3. The first-order chi connectivity index (χ1) is 11.1. The summed E-state index contributed by atoms with van der Waals surface area (Å²) in [6, 6.07) is 13.9. The van der Waals surface area contributed by atoms with Gasteiger partial charge in [0.05, 0.1) is 6.07 Å². The molecule has 0 radical (unpaired) electrons. The Morgan fingerprint density at radius 1 is 1.22 bits per heavy atom. The molecule has 1 aliphatic carbocycles. The molecule has 5 heteroatoms. The Labute approximate surface area is 143 Å². The molecule has 0 spiro atoms. The Hall–Kier alpha value is -2.06. The van der Waals surface area contributed by atoms with Gasteiger partial charge >= 0.3 is 0 Å². The van der Waals surface area contributed by atoms with E-state index in [0.717, 1.165) is 40.9 Å². The maximum absolute atomic E-state index is 12.1. The van der Waals surface area contributed by atoms with Gasteiger partial charge in [-0.3, -0.25) is 4.79 Å². The van der Waals surface area contributed by atoms with Gasteiger partial charge in [0.2, 0.25) is 0 Å². The largest absolute Gasteiger partial charge is 0.484 e. The van der Waals surface area contributed by atoms with Gasteiger partial charge in [0.25, 0.3) is 5.91 Å². The summed E-state index contributed by atoms with van der Waals surface area (Å²) < 4.78 is 6.60. The molecule has 0 aromatic heterocycles. The number of halogens is 1. The predicted octanol–water partition coefficient (Wildman–Crippen LogP) is 3.93. The third-order valence-electron chi connectivity index (χ3n) is 4.19. The number of nitriles is 1. The van der Waals surface area contributed by atoms with Gasteiger partial charge in [-0.1, -0.05) is 28.1 Å². The van der Waals surface area contributed by atoms with E-state index in [1.807, 2.05) is 36.4 Å². The molecule has 0 heterocycles. The van der Waals surface area contributed by atoms with Crippen molar-refractivity contribution in [3.63, 3.8) is 0 Å². The average molecular weight is 373 g/mol. The van der Waals surface area contributed by atoms with Crippen molar-refractivity contribution in [2.24, 2.45) is 0 Å². The molecule has 118 valence electrons. The van der Waals surface area contributed by atoms with E-state index >= 15 is 0 Å². The van der Waals surface area contributed by atoms with Crippen LogP contribution in [0.25, 0.3) is 10.8 Å². The zero-order valence-electron chi connectivity index (χ0n) is 12.6. The van der Waals surface area contributed by atoms with Crippen LogP contribution in [-0.2, 0) is 4.79 Å². The van der Waals surface area contributed by atoms with Gasteiger partial charge < -0.3 is 10.1 Å². The van der Waals surface area contributed by atoms with Crippen molar-refractivity contribution in [2.45, 2.75) is 31.2 Å². The van der Waals surface area contributed by atoms with E-state index in [-0.39, 0.29) is 12.5 Å². The van der Waals surface area contributed by atoms with Gasteiger partial charge in [-0.05, 0) is 60.7 Å². The topological polar surface area (TPSA) is 62.1 Å². The lowest BCUT2D eigenvalue weighted by atomic mass is 10.00. The summed E-state index contributed by atoms with van der Waals surface area (Å²) in [4.78, 5) is 12.1. The summed E-state index contributed by atoms with van der Waals surface area (Å²) >= 11 is 3.44. The van der Waals surface area contributed by atoms with E-state index in [2.05, 4.69) is 27.3 Å². The molecule has 3 rings (SSSR count). The summed E-state index contributed by atoms with van der Waals surface area (Å²) in [5.41, 5.74) is -0.698. The standard InChI is InChI=1S/C18H17BrN2O2/c19-15-5-3-14-10-16(6-4-13(14)9-15)23-11-17(22)21-18(12-20)7-1-2-8-18/h3-6,9-10H,1-2,7-8,11H2,(H,21,22). The third-order valence-corrected chi connectivity index (χ3v) is 4.69. The van der Waals surface area contributed by atoms with Crippen molar-refractivity contribution >= 4 is 32.6 Å².